The molecule has 19 heavy (non-hydrogen) atoms. The van der Waals surface area contributed by atoms with Crippen molar-refractivity contribution >= 4 is 11.7 Å². The van der Waals surface area contributed by atoms with Gasteiger partial charge in [0.2, 0.25) is 0 Å². The third kappa shape index (κ3) is 4.33. The Labute approximate surface area is 113 Å². The highest BCUT2D eigenvalue weighted by Gasteiger charge is 2.10. The number of nitrogens with zero attached hydrogens (tertiary/aromatic N) is 1. The van der Waals surface area contributed by atoms with E-state index in [0.29, 0.717) is 30.3 Å². The van der Waals surface area contributed by atoms with Crippen LogP contribution in [0.3, 0.4) is 0 Å². The van der Waals surface area contributed by atoms with E-state index >= 15 is 0 Å². The van der Waals surface area contributed by atoms with Crippen molar-refractivity contribution in [1.29, 1.82) is 0 Å². The maximum Gasteiger partial charge on any atom is 0.321 e. The predicted molar refractivity (Wildman–Crippen MR) is 73.1 cm³/mol. The largest absolute Gasteiger partial charge is 0.493 e. The highest BCUT2D eigenvalue weighted by atomic mass is 16.5. The Morgan fingerprint density at radius 3 is 2.47 bits per heavy atom. The third-order valence-electron chi connectivity index (χ3n) is 2.61. The number of methoxy groups -OCH3 is 3. The van der Waals surface area contributed by atoms with Gasteiger partial charge in [0.25, 0.3) is 0 Å². The van der Waals surface area contributed by atoms with Crippen molar-refractivity contribution in [2.24, 2.45) is 0 Å². The van der Waals surface area contributed by atoms with E-state index in [1.165, 1.54) is 0 Å². The minimum absolute atomic E-state index is 0.204. The molecule has 0 aliphatic heterocycles. The molecule has 0 fully saturated rings. The molecular formula is C13H20N2O4. The molecule has 0 aliphatic carbocycles. The molecule has 0 heterocycles. The standard InChI is InChI=1S/C13H20N2O4/c1-15(7-8-17-2)13(16)14-10-5-6-11(18-3)12(9-10)19-4/h5-6,9H,7-8H2,1-4H3,(H,14,16). The third-order valence-corrected chi connectivity index (χ3v) is 2.61. The van der Waals surface area contributed by atoms with Crippen LogP contribution in [-0.4, -0.2) is 52.5 Å². The van der Waals surface area contributed by atoms with Crippen molar-refractivity contribution in [3.05, 3.63) is 18.2 Å². The van der Waals surface area contributed by atoms with E-state index in [-0.39, 0.29) is 6.03 Å². The number of carbonyl (C=O) groups is 1. The average molecular weight is 268 g/mol. The predicted octanol–water partition coefficient (Wildman–Crippen LogP) is 1.81. The molecule has 1 N–H and O–H groups in total. The SMILES string of the molecule is COCCN(C)C(=O)Nc1ccc(OC)c(OC)c1. The average Bonchev–Trinajstić information content (AvgIpc) is 2.44. The number of nitrogens with one attached hydrogen (secondary N) is 1. The molecule has 0 saturated carbocycles. The maximum atomic E-state index is 11.9. The van der Waals surface area contributed by atoms with Gasteiger partial charge >= 0.3 is 6.03 Å². The number of ether oxygens (including phenoxy) is 3. The van der Waals surface area contributed by atoms with Crippen molar-refractivity contribution < 1.29 is 19.0 Å². The molecule has 0 unspecified atom stereocenters. The van der Waals surface area contributed by atoms with E-state index < -0.39 is 0 Å². The van der Waals surface area contributed by atoms with E-state index in [9.17, 15) is 4.79 Å². The second-order valence-corrected chi connectivity index (χ2v) is 3.91. The summed E-state index contributed by atoms with van der Waals surface area (Å²) in [4.78, 5) is 13.4. The van der Waals surface area contributed by atoms with Crippen LogP contribution in [0.4, 0.5) is 10.5 Å². The summed E-state index contributed by atoms with van der Waals surface area (Å²) in [5.74, 6) is 1.19. The molecule has 0 spiro atoms. The van der Waals surface area contributed by atoms with E-state index in [1.807, 2.05) is 0 Å². The summed E-state index contributed by atoms with van der Waals surface area (Å²) in [6, 6.07) is 5.00. The summed E-state index contributed by atoms with van der Waals surface area (Å²) in [6.45, 7) is 1.02. The number of amides is 2. The number of anilines is 1. The molecule has 0 radical (unpaired) electrons. The van der Waals surface area contributed by atoms with Crippen molar-refractivity contribution in [3.63, 3.8) is 0 Å². The van der Waals surface area contributed by atoms with Gasteiger partial charge in [-0.1, -0.05) is 0 Å². The molecule has 1 aromatic carbocycles. The van der Waals surface area contributed by atoms with Gasteiger partial charge in [0, 0.05) is 32.5 Å². The number of hydrogen-bond acceptors (Lipinski definition) is 4. The lowest BCUT2D eigenvalue weighted by molar-refractivity contribution is 0.165. The van der Waals surface area contributed by atoms with Crippen LogP contribution >= 0.6 is 0 Å². The molecule has 6 nitrogen and oxygen atoms in total. The molecule has 1 aromatic rings. The van der Waals surface area contributed by atoms with Gasteiger partial charge < -0.3 is 24.4 Å². The zero-order valence-electron chi connectivity index (χ0n) is 11.7. The van der Waals surface area contributed by atoms with Gasteiger partial charge in [-0.2, -0.15) is 0 Å². The quantitative estimate of drug-likeness (QED) is 0.855. The van der Waals surface area contributed by atoms with Crippen LogP contribution in [-0.2, 0) is 4.74 Å². The number of rotatable bonds is 6. The van der Waals surface area contributed by atoms with Gasteiger partial charge in [-0.25, -0.2) is 4.79 Å². The number of likely N-dealkylation sites (N-methyl/N-ethyl adjacent to an activating group) is 1. The Morgan fingerprint density at radius 1 is 1.21 bits per heavy atom. The summed E-state index contributed by atoms with van der Waals surface area (Å²) >= 11 is 0. The zero-order chi connectivity index (χ0) is 14.3. The molecule has 0 bridgehead atoms. The van der Waals surface area contributed by atoms with Gasteiger partial charge in [-0.05, 0) is 12.1 Å². The van der Waals surface area contributed by atoms with Crippen molar-refractivity contribution in [2.45, 2.75) is 0 Å². The normalized spacial score (nSPS) is 9.89. The minimum Gasteiger partial charge on any atom is -0.493 e. The smallest absolute Gasteiger partial charge is 0.321 e. The summed E-state index contributed by atoms with van der Waals surface area (Å²) < 4.78 is 15.2. The monoisotopic (exact) mass is 268 g/mol. The molecule has 0 atom stereocenters. The summed E-state index contributed by atoms with van der Waals surface area (Å²) in [6.07, 6.45) is 0. The maximum absolute atomic E-state index is 11.9. The second kappa shape index (κ2) is 7.48. The molecule has 0 aromatic heterocycles. The van der Waals surface area contributed by atoms with Gasteiger partial charge in [0.15, 0.2) is 11.5 Å². The van der Waals surface area contributed by atoms with E-state index in [4.69, 9.17) is 14.2 Å². The number of benzene rings is 1. The lowest BCUT2D eigenvalue weighted by atomic mass is 10.3. The van der Waals surface area contributed by atoms with Crippen molar-refractivity contribution in [1.82, 2.24) is 4.90 Å². The van der Waals surface area contributed by atoms with Crippen LogP contribution in [0, 0.1) is 0 Å². The zero-order valence-corrected chi connectivity index (χ0v) is 11.7. The molecule has 1 rings (SSSR count). The van der Waals surface area contributed by atoms with Gasteiger partial charge in [-0.3, -0.25) is 0 Å². The van der Waals surface area contributed by atoms with E-state index in [2.05, 4.69) is 5.32 Å². The highest BCUT2D eigenvalue weighted by molar-refractivity contribution is 5.89. The van der Waals surface area contributed by atoms with Gasteiger partial charge in [0.05, 0.1) is 20.8 Å². The first-order chi connectivity index (χ1) is 9.12. The van der Waals surface area contributed by atoms with Gasteiger partial charge in [-0.15, -0.1) is 0 Å². The minimum atomic E-state index is -0.204. The Hall–Kier alpha value is -1.95. The lowest BCUT2D eigenvalue weighted by Gasteiger charge is -2.18. The van der Waals surface area contributed by atoms with Crippen molar-refractivity contribution in [3.8, 4) is 11.5 Å². The van der Waals surface area contributed by atoms with Crippen molar-refractivity contribution in [2.75, 3.05) is 46.8 Å². The summed E-state index contributed by atoms with van der Waals surface area (Å²) in [7, 11) is 6.41. The fraction of sp³-hybridized carbons (Fsp3) is 0.462. The van der Waals surface area contributed by atoms with Crippen LogP contribution in [0.15, 0.2) is 18.2 Å². The fourth-order valence-corrected chi connectivity index (χ4v) is 1.46. The highest BCUT2D eigenvalue weighted by Crippen LogP contribution is 2.29. The molecule has 0 saturated heterocycles. The van der Waals surface area contributed by atoms with Crippen LogP contribution in [0.2, 0.25) is 0 Å². The topological polar surface area (TPSA) is 60.0 Å². The van der Waals surface area contributed by atoms with Crippen LogP contribution in [0.25, 0.3) is 0 Å². The summed E-state index contributed by atoms with van der Waals surface area (Å²) in [5.41, 5.74) is 0.645. The number of carbonyl (C=O) groups excluding carboxylic acids is 1. The molecule has 0 aliphatic rings. The first-order valence-electron chi connectivity index (χ1n) is 5.85. The Balaban J connectivity index is 2.69. The Morgan fingerprint density at radius 2 is 1.89 bits per heavy atom. The molecular weight excluding hydrogens is 248 g/mol. The van der Waals surface area contributed by atoms with Crippen LogP contribution in [0.1, 0.15) is 0 Å². The van der Waals surface area contributed by atoms with Crippen LogP contribution < -0.4 is 14.8 Å². The molecule has 106 valence electrons. The number of urea groups is 1. The van der Waals surface area contributed by atoms with Gasteiger partial charge in [0.1, 0.15) is 0 Å². The Kier molecular flexibility index (Phi) is 5.95. The fourth-order valence-electron chi connectivity index (χ4n) is 1.46. The molecule has 6 heteroatoms. The van der Waals surface area contributed by atoms with Crippen LogP contribution in [0.5, 0.6) is 11.5 Å². The molecule has 2 amide bonds. The Bertz CT molecular complexity index is 423. The van der Waals surface area contributed by atoms with E-state index in [0.717, 1.165) is 0 Å². The van der Waals surface area contributed by atoms with E-state index in [1.54, 1.807) is 51.5 Å². The second-order valence-electron chi connectivity index (χ2n) is 3.91. The lowest BCUT2D eigenvalue weighted by Crippen LogP contribution is -2.33. The summed E-state index contributed by atoms with van der Waals surface area (Å²) in [5, 5.41) is 2.77. The first-order valence-corrected chi connectivity index (χ1v) is 5.85. The first kappa shape index (κ1) is 15.1. The number of hydrogen-bond donors (Lipinski definition) is 1.